The van der Waals surface area contributed by atoms with Crippen molar-refractivity contribution in [1.29, 1.82) is 5.26 Å². The van der Waals surface area contributed by atoms with Crippen LogP contribution < -0.4 is 10.6 Å². The zero-order chi connectivity index (χ0) is 21.8. The molecule has 31 heavy (non-hydrogen) atoms. The molecule has 3 aliphatic rings. The van der Waals surface area contributed by atoms with E-state index in [9.17, 15) is 14.9 Å². The minimum absolute atomic E-state index is 0.0300. The minimum Gasteiger partial charge on any atom is -0.444 e. The third-order valence-electron chi connectivity index (χ3n) is 6.13. The molecule has 1 unspecified atom stereocenters. The van der Waals surface area contributed by atoms with Crippen molar-refractivity contribution in [2.24, 2.45) is 5.73 Å². The number of hydrogen-bond acceptors (Lipinski definition) is 5. The van der Waals surface area contributed by atoms with E-state index < -0.39 is 5.41 Å². The van der Waals surface area contributed by atoms with Gasteiger partial charge in [-0.05, 0) is 30.2 Å². The number of halogens is 1. The number of fused-ring (bicyclic) bond motifs is 3. The molecule has 0 saturated carbocycles. The Morgan fingerprint density at radius 2 is 1.87 bits per heavy atom. The molecule has 0 saturated heterocycles. The van der Waals surface area contributed by atoms with Gasteiger partial charge >= 0.3 is 0 Å². The van der Waals surface area contributed by atoms with Crippen LogP contribution in [0, 0.1) is 11.3 Å². The molecule has 0 aromatic heterocycles. The fraction of sp³-hybridized carbons (Fsp3) is 0.208. The Labute approximate surface area is 184 Å². The van der Waals surface area contributed by atoms with E-state index in [1.807, 2.05) is 24.3 Å². The lowest BCUT2D eigenvalue weighted by Crippen LogP contribution is -2.48. The van der Waals surface area contributed by atoms with E-state index in [4.69, 9.17) is 22.1 Å². The fourth-order valence-corrected chi connectivity index (χ4v) is 4.96. The van der Waals surface area contributed by atoms with Crippen molar-refractivity contribution in [3.63, 3.8) is 0 Å². The lowest BCUT2D eigenvalue weighted by Gasteiger charge is -2.37. The van der Waals surface area contributed by atoms with E-state index in [0.717, 1.165) is 5.56 Å². The SMILES string of the molecule is N#CC1=C(N)OC2=C(C(=O)CCC2)C12C(=O)N(Cc1ccc(Cl)cc1)c1ccccc12. The standard InChI is InChI=1S/C24H18ClN3O3/c25-15-10-8-14(9-11-15)13-28-18-5-2-1-4-16(18)24(23(28)30)17(12-26)22(27)31-20-7-3-6-19(29)21(20)24/h1-2,4-5,8-11H,3,6-7,13,27H2. The molecule has 2 aliphatic heterocycles. The molecule has 2 aromatic carbocycles. The number of carbonyl (C=O) groups excluding carboxylic acids is 2. The second-order valence-corrected chi connectivity index (χ2v) is 8.25. The number of Topliss-reactive ketones (excluding diaryl/α,β-unsaturated/α-hetero) is 1. The number of nitrogens with zero attached hydrogens (tertiary/aromatic N) is 2. The van der Waals surface area contributed by atoms with E-state index in [-0.39, 0.29) is 35.3 Å². The second-order valence-electron chi connectivity index (χ2n) is 7.81. The van der Waals surface area contributed by atoms with E-state index in [1.165, 1.54) is 0 Å². The van der Waals surface area contributed by atoms with Gasteiger partial charge in [0.25, 0.3) is 0 Å². The van der Waals surface area contributed by atoms with Crippen LogP contribution >= 0.6 is 11.6 Å². The van der Waals surface area contributed by atoms with Gasteiger partial charge < -0.3 is 15.4 Å². The van der Waals surface area contributed by atoms with Gasteiger partial charge in [-0.3, -0.25) is 9.59 Å². The molecule has 7 heteroatoms. The van der Waals surface area contributed by atoms with Gasteiger partial charge in [-0.25, -0.2) is 0 Å². The summed E-state index contributed by atoms with van der Waals surface area (Å²) in [5, 5.41) is 10.6. The highest BCUT2D eigenvalue weighted by Gasteiger charge is 2.61. The van der Waals surface area contributed by atoms with Crippen LogP contribution in [0.25, 0.3) is 0 Å². The maximum absolute atomic E-state index is 14.1. The summed E-state index contributed by atoms with van der Waals surface area (Å²) in [6.45, 7) is 0.269. The quantitative estimate of drug-likeness (QED) is 0.778. The summed E-state index contributed by atoms with van der Waals surface area (Å²) in [6, 6.07) is 16.5. The number of hydrogen-bond donors (Lipinski definition) is 1. The molecule has 1 aliphatic carbocycles. The number of carbonyl (C=O) groups is 2. The summed E-state index contributed by atoms with van der Waals surface area (Å²) in [4.78, 5) is 28.9. The lowest BCUT2D eigenvalue weighted by atomic mass is 9.65. The van der Waals surface area contributed by atoms with Gasteiger partial charge in [0.2, 0.25) is 11.8 Å². The lowest BCUT2D eigenvalue weighted by molar-refractivity contribution is -0.124. The zero-order valence-corrected chi connectivity index (χ0v) is 17.3. The van der Waals surface area contributed by atoms with Crippen LogP contribution in [0.15, 0.2) is 71.3 Å². The van der Waals surface area contributed by atoms with Crippen molar-refractivity contribution in [1.82, 2.24) is 0 Å². The van der Waals surface area contributed by atoms with E-state index in [0.29, 0.717) is 41.3 Å². The molecule has 154 valence electrons. The number of benzene rings is 2. The van der Waals surface area contributed by atoms with Gasteiger partial charge in [0.15, 0.2) is 5.78 Å². The number of ketones is 1. The molecule has 1 atom stereocenters. The Bertz CT molecular complexity index is 1240. The van der Waals surface area contributed by atoms with Gasteiger partial charge in [0.1, 0.15) is 22.8 Å². The van der Waals surface area contributed by atoms with E-state index in [1.54, 1.807) is 29.2 Å². The molecule has 2 N–H and O–H groups in total. The Morgan fingerprint density at radius 3 is 2.61 bits per heavy atom. The van der Waals surface area contributed by atoms with Crippen LogP contribution in [0.2, 0.25) is 5.02 Å². The molecule has 2 aromatic rings. The topological polar surface area (TPSA) is 96.4 Å². The summed E-state index contributed by atoms with van der Waals surface area (Å²) < 4.78 is 5.69. The molecular formula is C24H18ClN3O3. The van der Waals surface area contributed by atoms with Gasteiger partial charge in [0, 0.05) is 29.1 Å². The molecule has 0 fully saturated rings. The highest BCUT2D eigenvalue weighted by atomic mass is 35.5. The average Bonchev–Trinajstić information content (AvgIpc) is 2.99. The fourth-order valence-electron chi connectivity index (χ4n) is 4.83. The number of rotatable bonds is 2. The van der Waals surface area contributed by atoms with Crippen LogP contribution in [0.4, 0.5) is 5.69 Å². The normalized spacial score (nSPS) is 22.4. The number of ether oxygens (including phenoxy) is 1. The van der Waals surface area contributed by atoms with Crippen molar-refractivity contribution in [3.8, 4) is 6.07 Å². The highest BCUT2D eigenvalue weighted by Crippen LogP contribution is 2.55. The smallest absolute Gasteiger partial charge is 0.248 e. The van der Waals surface area contributed by atoms with Crippen LogP contribution in [-0.2, 0) is 26.3 Å². The van der Waals surface area contributed by atoms with Crippen LogP contribution in [0.3, 0.4) is 0 Å². The number of nitrogens with two attached hydrogens (primary N) is 1. The predicted molar refractivity (Wildman–Crippen MR) is 115 cm³/mol. The van der Waals surface area contributed by atoms with Crippen molar-refractivity contribution >= 4 is 29.0 Å². The summed E-state index contributed by atoms with van der Waals surface area (Å²) in [5.74, 6) is -0.274. The molecule has 0 bridgehead atoms. The van der Waals surface area contributed by atoms with Crippen molar-refractivity contribution in [3.05, 3.63) is 87.5 Å². The Hall–Kier alpha value is -3.56. The van der Waals surface area contributed by atoms with Crippen molar-refractivity contribution in [2.75, 3.05) is 4.90 Å². The number of allylic oxidation sites excluding steroid dienone is 1. The average molecular weight is 432 g/mol. The van der Waals surface area contributed by atoms with Gasteiger partial charge in [-0.1, -0.05) is 41.9 Å². The van der Waals surface area contributed by atoms with Gasteiger partial charge in [0.05, 0.1) is 12.1 Å². The Kier molecular flexibility index (Phi) is 4.38. The first kappa shape index (κ1) is 19.4. The largest absolute Gasteiger partial charge is 0.444 e. The summed E-state index contributed by atoms with van der Waals surface area (Å²) >= 11 is 6.01. The number of amides is 1. The van der Waals surface area contributed by atoms with Crippen molar-refractivity contribution < 1.29 is 14.3 Å². The predicted octanol–water partition coefficient (Wildman–Crippen LogP) is 3.86. The molecule has 1 amide bonds. The van der Waals surface area contributed by atoms with Gasteiger partial charge in [-0.2, -0.15) is 5.26 Å². The third kappa shape index (κ3) is 2.63. The van der Waals surface area contributed by atoms with Crippen LogP contribution in [0.5, 0.6) is 0 Å². The molecular weight excluding hydrogens is 414 g/mol. The first-order valence-corrected chi connectivity index (χ1v) is 10.4. The minimum atomic E-state index is -1.58. The molecule has 5 rings (SSSR count). The summed E-state index contributed by atoms with van der Waals surface area (Å²) in [5.41, 5.74) is 6.88. The van der Waals surface area contributed by atoms with Crippen LogP contribution in [0.1, 0.15) is 30.4 Å². The Balaban J connectivity index is 1.76. The molecule has 2 heterocycles. The maximum Gasteiger partial charge on any atom is 0.248 e. The zero-order valence-electron chi connectivity index (χ0n) is 16.5. The number of para-hydroxylation sites is 1. The first-order chi connectivity index (χ1) is 15.0. The number of nitriles is 1. The van der Waals surface area contributed by atoms with E-state index in [2.05, 4.69) is 6.07 Å². The van der Waals surface area contributed by atoms with Crippen LogP contribution in [-0.4, -0.2) is 11.7 Å². The summed E-state index contributed by atoms with van der Waals surface area (Å²) in [7, 11) is 0. The highest BCUT2D eigenvalue weighted by molar-refractivity contribution is 6.30. The molecule has 1 spiro atoms. The molecule has 6 nitrogen and oxygen atoms in total. The summed E-state index contributed by atoms with van der Waals surface area (Å²) in [6.07, 6.45) is 1.41. The third-order valence-corrected chi connectivity index (χ3v) is 6.38. The second kappa shape index (κ2) is 7.00. The number of anilines is 1. The van der Waals surface area contributed by atoms with Crippen molar-refractivity contribution in [2.45, 2.75) is 31.2 Å². The first-order valence-electron chi connectivity index (χ1n) is 9.99. The maximum atomic E-state index is 14.1. The van der Waals surface area contributed by atoms with Gasteiger partial charge in [-0.15, -0.1) is 0 Å². The van der Waals surface area contributed by atoms with E-state index >= 15 is 0 Å². The monoisotopic (exact) mass is 431 g/mol. The Morgan fingerprint density at radius 1 is 1.13 bits per heavy atom. The molecule has 0 radical (unpaired) electrons.